The Balaban J connectivity index is 2.29. The Labute approximate surface area is 117 Å². The molecule has 1 N–H and O–H groups in total. The second-order valence-corrected chi connectivity index (χ2v) is 5.46. The van der Waals surface area contributed by atoms with Gasteiger partial charge in [0.15, 0.2) is 17.6 Å². The van der Waals surface area contributed by atoms with E-state index >= 15 is 0 Å². The highest BCUT2D eigenvalue weighted by molar-refractivity contribution is 5.76. The third-order valence-electron chi connectivity index (χ3n) is 2.98. The number of oxazole rings is 1. The average Bonchev–Trinajstić information content (AvgIpc) is 2.78. The van der Waals surface area contributed by atoms with E-state index in [1.165, 1.54) is 0 Å². The number of fused-ring (bicyclic) bond motifs is 1. The first-order chi connectivity index (χ1) is 9.38. The summed E-state index contributed by atoms with van der Waals surface area (Å²) in [6, 6.07) is 5.18. The van der Waals surface area contributed by atoms with E-state index in [1.807, 2.05) is 27.7 Å². The number of aliphatic carboxylic acids is 1. The third kappa shape index (κ3) is 2.92. The zero-order valence-corrected chi connectivity index (χ0v) is 12.1. The van der Waals surface area contributed by atoms with Crippen LogP contribution in [0.25, 0.3) is 11.1 Å². The van der Waals surface area contributed by atoms with Gasteiger partial charge in [-0.25, -0.2) is 9.78 Å². The third-order valence-corrected chi connectivity index (χ3v) is 2.98. The summed E-state index contributed by atoms with van der Waals surface area (Å²) in [6.45, 7) is 7.62. The Kier molecular flexibility index (Phi) is 3.97. The molecule has 1 heterocycles. The van der Waals surface area contributed by atoms with Crippen LogP contribution in [0.3, 0.4) is 0 Å². The summed E-state index contributed by atoms with van der Waals surface area (Å²) in [7, 11) is 0. The highest BCUT2D eigenvalue weighted by Crippen LogP contribution is 2.26. The van der Waals surface area contributed by atoms with Crippen LogP contribution in [0, 0.1) is 5.92 Å². The molecule has 0 aliphatic rings. The molecule has 0 aliphatic heterocycles. The van der Waals surface area contributed by atoms with E-state index in [-0.39, 0.29) is 11.8 Å². The molecule has 0 spiro atoms. The van der Waals surface area contributed by atoms with Crippen molar-refractivity contribution in [1.29, 1.82) is 0 Å². The van der Waals surface area contributed by atoms with Crippen molar-refractivity contribution in [1.82, 2.24) is 4.98 Å². The summed E-state index contributed by atoms with van der Waals surface area (Å²) in [5, 5.41) is 9.13. The first-order valence-electron chi connectivity index (χ1n) is 6.68. The van der Waals surface area contributed by atoms with Gasteiger partial charge in [-0.1, -0.05) is 27.7 Å². The van der Waals surface area contributed by atoms with E-state index in [1.54, 1.807) is 18.2 Å². The normalized spacial score (nSPS) is 13.1. The number of aromatic nitrogens is 1. The van der Waals surface area contributed by atoms with E-state index in [0.717, 1.165) is 5.52 Å². The van der Waals surface area contributed by atoms with Gasteiger partial charge in [0.1, 0.15) is 11.3 Å². The van der Waals surface area contributed by atoms with Gasteiger partial charge >= 0.3 is 5.97 Å². The summed E-state index contributed by atoms with van der Waals surface area (Å²) in [6.07, 6.45) is -0.875. The lowest BCUT2D eigenvalue weighted by Gasteiger charge is -2.18. The highest BCUT2D eigenvalue weighted by Gasteiger charge is 2.23. The average molecular weight is 277 g/mol. The molecule has 2 rings (SSSR count). The minimum absolute atomic E-state index is 0.121. The molecule has 5 heteroatoms. The number of benzene rings is 1. The molecule has 1 unspecified atom stereocenters. The molecular formula is C15H19NO4. The second kappa shape index (κ2) is 5.53. The first-order valence-corrected chi connectivity index (χ1v) is 6.68. The minimum atomic E-state index is -0.972. The van der Waals surface area contributed by atoms with Gasteiger partial charge < -0.3 is 14.3 Å². The van der Waals surface area contributed by atoms with E-state index in [0.29, 0.717) is 17.2 Å². The second-order valence-electron chi connectivity index (χ2n) is 5.46. The molecule has 0 saturated heterocycles. The summed E-state index contributed by atoms with van der Waals surface area (Å²) < 4.78 is 11.2. The number of nitrogens with zero attached hydrogens (tertiary/aromatic N) is 1. The van der Waals surface area contributed by atoms with Crippen molar-refractivity contribution in [3.8, 4) is 5.75 Å². The Bertz CT molecular complexity index is 615. The number of rotatable bonds is 5. The SMILES string of the molecule is CC(C)c1nc2ccc(OC(C(=O)O)C(C)C)cc2o1. The van der Waals surface area contributed by atoms with Crippen LogP contribution >= 0.6 is 0 Å². The van der Waals surface area contributed by atoms with Gasteiger partial charge in [-0.3, -0.25) is 0 Å². The molecule has 1 aromatic heterocycles. The predicted molar refractivity (Wildman–Crippen MR) is 75.0 cm³/mol. The largest absolute Gasteiger partial charge is 0.478 e. The summed E-state index contributed by atoms with van der Waals surface area (Å²) in [4.78, 5) is 15.5. The summed E-state index contributed by atoms with van der Waals surface area (Å²) in [5.41, 5.74) is 1.36. The van der Waals surface area contributed by atoms with E-state index < -0.39 is 12.1 Å². The summed E-state index contributed by atoms with van der Waals surface area (Å²) in [5.74, 6) is 0.250. The quantitative estimate of drug-likeness (QED) is 0.906. The molecule has 0 bridgehead atoms. The standard InChI is InChI=1S/C15H19NO4/c1-8(2)13(15(17)18)19-10-5-6-11-12(7-10)20-14(16-11)9(3)4/h5-9,13H,1-4H3,(H,17,18). The number of hydrogen-bond donors (Lipinski definition) is 1. The molecule has 20 heavy (non-hydrogen) atoms. The lowest BCUT2D eigenvalue weighted by atomic mass is 10.1. The number of carboxylic acid groups (broad SMARTS) is 1. The van der Waals surface area contributed by atoms with Crippen molar-refractivity contribution in [2.24, 2.45) is 5.92 Å². The molecule has 0 radical (unpaired) electrons. The number of carboxylic acids is 1. The fraction of sp³-hybridized carbons (Fsp3) is 0.467. The molecule has 2 aromatic rings. The smallest absolute Gasteiger partial charge is 0.345 e. The van der Waals surface area contributed by atoms with Crippen molar-refractivity contribution >= 4 is 17.1 Å². The van der Waals surface area contributed by atoms with E-state index in [4.69, 9.17) is 14.3 Å². The monoisotopic (exact) mass is 277 g/mol. The molecule has 108 valence electrons. The predicted octanol–water partition coefficient (Wildman–Crippen LogP) is 3.44. The molecule has 5 nitrogen and oxygen atoms in total. The van der Waals surface area contributed by atoms with Crippen molar-refractivity contribution in [3.63, 3.8) is 0 Å². The maximum Gasteiger partial charge on any atom is 0.345 e. The van der Waals surface area contributed by atoms with Crippen molar-refractivity contribution < 1.29 is 19.1 Å². The van der Waals surface area contributed by atoms with Crippen molar-refractivity contribution in [2.45, 2.75) is 39.7 Å². The van der Waals surface area contributed by atoms with Gasteiger partial charge in [-0.05, 0) is 12.1 Å². The molecule has 1 atom stereocenters. The van der Waals surface area contributed by atoms with Crippen LogP contribution < -0.4 is 4.74 Å². The summed E-state index contributed by atoms with van der Waals surface area (Å²) >= 11 is 0. The molecule has 0 saturated carbocycles. The van der Waals surface area contributed by atoms with Crippen LogP contribution in [0.5, 0.6) is 5.75 Å². The Morgan fingerprint density at radius 3 is 2.55 bits per heavy atom. The van der Waals surface area contributed by atoms with Gasteiger partial charge in [0, 0.05) is 17.9 Å². The van der Waals surface area contributed by atoms with Crippen LogP contribution in [-0.2, 0) is 4.79 Å². The van der Waals surface area contributed by atoms with Crippen LogP contribution in [0.15, 0.2) is 22.6 Å². The van der Waals surface area contributed by atoms with Crippen LogP contribution in [0.4, 0.5) is 0 Å². The van der Waals surface area contributed by atoms with Crippen molar-refractivity contribution in [3.05, 3.63) is 24.1 Å². The Morgan fingerprint density at radius 1 is 1.30 bits per heavy atom. The molecular weight excluding hydrogens is 258 g/mol. The highest BCUT2D eigenvalue weighted by atomic mass is 16.5. The Hall–Kier alpha value is -2.04. The minimum Gasteiger partial charge on any atom is -0.478 e. The maximum absolute atomic E-state index is 11.1. The van der Waals surface area contributed by atoms with Gasteiger partial charge in [0.05, 0.1) is 0 Å². The fourth-order valence-electron chi connectivity index (χ4n) is 1.86. The van der Waals surface area contributed by atoms with Gasteiger partial charge in [-0.15, -0.1) is 0 Å². The topological polar surface area (TPSA) is 72.6 Å². The van der Waals surface area contributed by atoms with Gasteiger partial charge in [-0.2, -0.15) is 0 Å². The van der Waals surface area contributed by atoms with Crippen molar-refractivity contribution in [2.75, 3.05) is 0 Å². The molecule has 0 aliphatic carbocycles. The van der Waals surface area contributed by atoms with E-state index in [2.05, 4.69) is 4.98 Å². The van der Waals surface area contributed by atoms with E-state index in [9.17, 15) is 4.79 Å². The lowest BCUT2D eigenvalue weighted by Crippen LogP contribution is -2.32. The Morgan fingerprint density at radius 2 is 2.00 bits per heavy atom. The van der Waals surface area contributed by atoms with Gasteiger partial charge in [0.25, 0.3) is 0 Å². The number of carbonyl (C=O) groups is 1. The zero-order valence-electron chi connectivity index (χ0n) is 12.1. The van der Waals surface area contributed by atoms with Crippen LogP contribution in [0.1, 0.15) is 39.5 Å². The van der Waals surface area contributed by atoms with Crippen LogP contribution in [0.2, 0.25) is 0 Å². The lowest BCUT2D eigenvalue weighted by molar-refractivity contribution is -0.147. The molecule has 1 aromatic carbocycles. The maximum atomic E-state index is 11.1. The number of hydrogen-bond acceptors (Lipinski definition) is 4. The zero-order chi connectivity index (χ0) is 14.9. The molecule has 0 fully saturated rings. The first kappa shape index (κ1) is 14.4. The fourth-order valence-corrected chi connectivity index (χ4v) is 1.86. The van der Waals surface area contributed by atoms with Gasteiger partial charge in [0.2, 0.25) is 0 Å². The molecule has 0 amide bonds. The van der Waals surface area contributed by atoms with Crippen LogP contribution in [-0.4, -0.2) is 22.2 Å². The number of ether oxygens (including phenoxy) is 1.